The summed E-state index contributed by atoms with van der Waals surface area (Å²) < 4.78 is 38.5. The van der Waals surface area contributed by atoms with Crippen molar-refractivity contribution in [3.63, 3.8) is 0 Å². The summed E-state index contributed by atoms with van der Waals surface area (Å²) in [6.45, 7) is 12.3. The molecule has 1 atom stereocenters. The average molecular weight is 537 g/mol. The Kier molecular flexibility index (Phi) is 28.7. The fourth-order valence-corrected chi connectivity index (χ4v) is 4.49. The van der Waals surface area contributed by atoms with Gasteiger partial charge in [-0.3, -0.25) is 0 Å². The first-order valence-corrected chi connectivity index (χ1v) is 15.0. The number of rotatable bonds is 26. The Labute approximate surface area is 230 Å². The van der Waals surface area contributed by atoms with Crippen molar-refractivity contribution in [3.8, 4) is 0 Å². The molecule has 0 aromatic heterocycles. The SMILES string of the molecule is CCCCCCCCC(OC)C(OC)(OC)OC.CCCCCCCCCC(OCC)(OCC)OCC. The molecule has 0 amide bonds. The lowest BCUT2D eigenvalue weighted by Crippen LogP contribution is -2.48. The van der Waals surface area contributed by atoms with Crippen molar-refractivity contribution >= 4 is 0 Å². The van der Waals surface area contributed by atoms with Gasteiger partial charge in [0.05, 0.1) is 0 Å². The van der Waals surface area contributed by atoms with E-state index in [1.165, 1.54) is 70.6 Å². The van der Waals surface area contributed by atoms with Gasteiger partial charge in [0.25, 0.3) is 5.97 Å². The Balaban J connectivity index is 0. The summed E-state index contributed by atoms with van der Waals surface area (Å²) in [6.07, 6.45) is 18.0. The lowest BCUT2D eigenvalue weighted by molar-refractivity contribution is -0.392. The lowest BCUT2D eigenvalue weighted by Gasteiger charge is -2.35. The van der Waals surface area contributed by atoms with Gasteiger partial charge in [-0.2, -0.15) is 0 Å². The van der Waals surface area contributed by atoms with Crippen LogP contribution in [0.4, 0.5) is 0 Å². The number of ether oxygens (including phenoxy) is 7. The van der Waals surface area contributed by atoms with Crippen molar-refractivity contribution in [3.05, 3.63) is 0 Å². The quantitative estimate of drug-likeness (QED) is 0.0814. The van der Waals surface area contributed by atoms with Gasteiger partial charge in [-0.05, 0) is 33.6 Å². The van der Waals surface area contributed by atoms with Crippen LogP contribution in [0.5, 0.6) is 0 Å². The molecule has 0 aliphatic heterocycles. The minimum atomic E-state index is -1.09. The maximum atomic E-state index is 5.71. The van der Waals surface area contributed by atoms with Crippen LogP contribution in [0.2, 0.25) is 0 Å². The molecular formula is C30H64O7. The molecule has 226 valence electrons. The third kappa shape index (κ3) is 18.6. The van der Waals surface area contributed by atoms with E-state index in [0.717, 1.165) is 25.7 Å². The van der Waals surface area contributed by atoms with Crippen LogP contribution in [0.3, 0.4) is 0 Å². The molecule has 37 heavy (non-hydrogen) atoms. The predicted octanol–water partition coefficient (Wildman–Crippen LogP) is 8.24. The molecule has 0 saturated carbocycles. The van der Waals surface area contributed by atoms with E-state index in [9.17, 15) is 0 Å². The van der Waals surface area contributed by atoms with Gasteiger partial charge in [0, 0.05) is 54.7 Å². The second-order valence-electron chi connectivity index (χ2n) is 9.35. The molecule has 0 heterocycles. The fraction of sp³-hybridized carbons (Fsp3) is 1.00. The molecule has 7 heteroatoms. The molecule has 0 rings (SSSR count). The van der Waals surface area contributed by atoms with E-state index in [1.807, 2.05) is 20.8 Å². The number of unbranched alkanes of at least 4 members (excludes halogenated alkanes) is 11. The van der Waals surface area contributed by atoms with Crippen LogP contribution in [-0.4, -0.2) is 66.3 Å². The topological polar surface area (TPSA) is 64.6 Å². The van der Waals surface area contributed by atoms with E-state index < -0.39 is 11.9 Å². The Bertz CT molecular complexity index is 418. The highest BCUT2D eigenvalue weighted by atomic mass is 16.9. The largest absolute Gasteiger partial charge is 0.373 e. The van der Waals surface area contributed by atoms with Crippen LogP contribution in [0.15, 0.2) is 0 Å². The normalized spacial score (nSPS) is 12.9. The van der Waals surface area contributed by atoms with Crippen molar-refractivity contribution in [2.75, 3.05) is 48.3 Å². The average Bonchev–Trinajstić information content (AvgIpc) is 2.91. The van der Waals surface area contributed by atoms with Gasteiger partial charge < -0.3 is 33.2 Å². The zero-order valence-electron chi connectivity index (χ0n) is 26.2. The molecular weight excluding hydrogens is 472 g/mol. The third-order valence-corrected chi connectivity index (χ3v) is 6.53. The van der Waals surface area contributed by atoms with Crippen LogP contribution < -0.4 is 0 Å². The van der Waals surface area contributed by atoms with Gasteiger partial charge in [-0.25, -0.2) is 0 Å². The van der Waals surface area contributed by atoms with Gasteiger partial charge >= 0.3 is 5.97 Å². The Morgan fingerprint density at radius 3 is 1.22 bits per heavy atom. The molecule has 0 radical (unpaired) electrons. The van der Waals surface area contributed by atoms with E-state index in [-0.39, 0.29) is 6.10 Å². The maximum Gasteiger partial charge on any atom is 0.310 e. The maximum absolute atomic E-state index is 5.71. The lowest BCUT2D eigenvalue weighted by atomic mass is 10.1. The fourth-order valence-electron chi connectivity index (χ4n) is 4.49. The standard InChI is InChI=1S/C16H34O3.C14H30O4/c1-5-9-10-11-12-13-14-15-16(17-6-2,18-7-3)19-8-4;1-6-7-8-9-10-11-12-13(15-2)14(16-3,17-4)18-5/h5-15H2,1-4H3;13H,6-12H2,1-5H3. The van der Waals surface area contributed by atoms with Gasteiger partial charge in [-0.15, -0.1) is 0 Å². The molecule has 0 aliphatic carbocycles. The number of hydrogen-bond acceptors (Lipinski definition) is 7. The van der Waals surface area contributed by atoms with E-state index in [2.05, 4.69) is 13.8 Å². The summed E-state index contributed by atoms with van der Waals surface area (Å²) in [6, 6.07) is 0. The van der Waals surface area contributed by atoms with Crippen LogP contribution in [0.1, 0.15) is 131 Å². The first-order chi connectivity index (χ1) is 17.9. The van der Waals surface area contributed by atoms with Crippen LogP contribution in [-0.2, 0) is 33.2 Å². The molecule has 0 saturated heterocycles. The van der Waals surface area contributed by atoms with Crippen molar-refractivity contribution in [1.82, 2.24) is 0 Å². The molecule has 0 bridgehead atoms. The Hall–Kier alpha value is -0.280. The molecule has 0 aliphatic rings. The summed E-state index contributed by atoms with van der Waals surface area (Å²) in [5.41, 5.74) is 0. The molecule has 7 nitrogen and oxygen atoms in total. The number of hydrogen-bond donors (Lipinski definition) is 0. The van der Waals surface area contributed by atoms with Gasteiger partial charge in [-0.1, -0.05) is 90.9 Å². The van der Waals surface area contributed by atoms with Gasteiger partial charge in [0.2, 0.25) is 0 Å². The highest BCUT2D eigenvalue weighted by molar-refractivity contribution is 4.71. The highest BCUT2D eigenvalue weighted by Crippen LogP contribution is 2.25. The number of methoxy groups -OCH3 is 4. The van der Waals surface area contributed by atoms with E-state index in [1.54, 1.807) is 28.4 Å². The molecule has 0 aromatic carbocycles. The summed E-state index contributed by atoms with van der Waals surface area (Å²) >= 11 is 0. The Morgan fingerprint density at radius 1 is 0.486 bits per heavy atom. The summed E-state index contributed by atoms with van der Waals surface area (Å²) in [5, 5.41) is 0. The van der Waals surface area contributed by atoms with Crippen LogP contribution >= 0.6 is 0 Å². The Morgan fingerprint density at radius 2 is 0.865 bits per heavy atom. The second-order valence-corrected chi connectivity index (χ2v) is 9.35. The van der Waals surface area contributed by atoms with Crippen molar-refractivity contribution < 1.29 is 33.2 Å². The molecule has 0 N–H and O–H groups in total. The van der Waals surface area contributed by atoms with Crippen molar-refractivity contribution in [1.29, 1.82) is 0 Å². The molecule has 0 fully saturated rings. The molecule has 0 aromatic rings. The minimum absolute atomic E-state index is 0.205. The smallest absolute Gasteiger partial charge is 0.310 e. The summed E-state index contributed by atoms with van der Waals surface area (Å²) in [5.74, 6) is -1.89. The van der Waals surface area contributed by atoms with Crippen molar-refractivity contribution in [2.45, 2.75) is 149 Å². The highest BCUT2D eigenvalue weighted by Gasteiger charge is 2.40. The van der Waals surface area contributed by atoms with Crippen LogP contribution in [0, 0.1) is 0 Å². The van der Waals surface area contributed by atoms with Crippen LogP contribution in [0.25, 0.3) is 0 Å². The minimum Gasteiger partial charge on any atom is -0.373 e. The predicted molar refractivity (Wildman–Crippen MR) is 153 cm³/mol. The van der Waals surface area contributed by atoms with E-state index >= 15 is 0 Å². The summed E-state index contributed by atoms with van der Waals surface area (Å²) in [4.78, 5) is 0. The van der Waals surface area contributed by atoms with E-state index in [4.69, 9.17) is 33.2 Å². The zero-order valence-corrected chi connectivity index (χ0v) is 26.2. The monoisotopic (exact) mass is 536 g/mol. The second kappa shape index (κ2) is 27.3. The molecule has 0 spiro atoms. The first-order valence-electron chi connectivity index (χ1n) is 15.0. The van der Waals surface area contributed by atoms with E-state index in [0.29, 0.717) is 19.8 Å². The van der Waals surface area contributed by atoms with Gasteiger partial charge in [0.15, 0.2) is 0 Å². The first kappa shape index (κ1) is 38.9. The van der Waals surface area contributed by atoms with Gasteiger partial charge in [0.1, 0.15) is 6.10 Å². The van der Waals surface area contributed by atoms with Crippen molar-refractivity contribution in [2.24, 2.45) is 0 Å². The molecule has 1 unspecified atom stereocenters. The zero-order chi connectivity index (χ0) is 28.3. The summed E-state index contributed by atoms with van der Waals surface area (Å²) in [7, 11) is 6.37. The third-order valence-electron chi connectivity index (χ3n) is 6.53.